The highest BCUT2D eigenvalue weighted by atomic mass is 16.7. The molecule has 0 aromatic heterocycles. The molecule has 4 bridgehead atoms. The van der Waals surface area contributed by atoms with Gasteiger partial charge in [0.1, 0.15) is 36.3 Å². The van der Waals surface area contributed by atoms with Gasteiger partial charge in [0.05, 0.1) is 166 Å². The third-order valence-electron chi connectivity index (χ3n) is 27.5. The number of carboxylic acid groups (broad SMARTS) is 1. The Kier molecular flexibility index (Phi) is 61.1. The molecule has 0 saturated carbocycles. The summed E-state index contributed by atoms with van der Waals surface area (Å²) in [6.07, 6.45) is 10.7. The fourth-order valence-electron chi connectivity index (χ4n) is 18.8. The molecule has 6 aliphatic rings. The lowest BCUT2D eigenvalue weighted by molar-refractivity contribution is -0.313. The molecule has 40 nitrogen and oxygen atoms in total. The predicted molar refractivity (Wildman–Crippen MR) is 548 cm³/mol. The first-order chi connectivity index (χ1) is 69.7. The number of carbonyl (C=O) groups is 4. The molecule has 147 heavy (non-hydrogen) atoms. The topological polar surface area (TPSA) is 687 Å². The van der Waals surface area contributed by atoms with Crippen LogP contribution in [0.1, 0.15) is 184 Å². The number of aliphatic hydroxyl groups excluding tert-OH is 18. The number of aliphatic carboxylic acids is 1. The Morgan fingerprint density at radius 2 is 0.653 bits per heavy atom. The average molecular weight is 2090 g/mol. The molecule has 0 aromatic carbocycles. The Hall–Kier alpha value is -7.04. The second kappa shape index (κ2) is 68.9. The van der Waals surface area contributed by atoms with Crippen LogP contribution in [0.3, 0.4) is 0 Å². The van der Waals surface area contributed by atoms with Gasteiger partial charge >= 0.3 is 23.9 Å². The number of hydrogen-bond acceptors (Lipinski definition) is 39. The first kappa shape index (κ1) is 130. The molecule has 6 aliphatic heterocycles. The van der Waals surface area contributed by atoms with Gasteiger partial charge in [0.2, 0.25) is 0 Å². The van der Waals surface area contributed by atoms with Crippen molar-refractivity contribution >= 4 is 23.9 Å². The van der Waals surface area contributed by atoms with Crippen molar-refractivity contribution in [2.45, 2.75) is 379 Å². The van der Waals surface area contributed by atoms with E-state index in [2.05, 4.69) is 0 Å². The van der Waals surface area contributed by atoms with Gasteiger partial charge in [-0.3, -0.25) is 29.0 Å². The molecular weight excluding hydrogens is 1910 g/mol. The highest BCUT2D eigenvalue weighted by Crippen LogP contribution is 2.42. The van der Waals surface area contributed by atoms with Crippen LogP contribution in [-0.4, -0.2) is 395 Å². The third kappa shape index (κ3) is 46.4. The SMILES string of the molecule is COC(=O)[C@H]1C2C[C@@H](O[C@@H]3O[C@H](C)[C@@H](O)[C@H](N(CCCN)CCCN)[C@@H]3O)/C=C/C=C/C=C/C=C/C=C/C=C/C=C/[C@H](C)[C@@H](O)[C@@H](C)[C@H](C)OC(=O)C[C@H](O)C[C@H](O)CC[C@@H](O)[C@H](O)C[C@H](O)C[C@](O)(C[C@@H]1O)O2.C[C@@H]1[C@H](O)[C@@H](C)/C=C/C=C/C=C/C=C/C=C/C=C/C=C/[C@H](O[C@@H]2O[C@H](C)[C@@H](O)[C@H](N(CCCN)CCCN)[C@@H]2O)CC2O[C@](O)(C[C@@H](O)C[C@@H](O)[C@H](O)CC[C@@H](O)C[C@@H](O)CC(=O)O[C@H]1C)C[C@H](O)[C@H]2C(=O)O. The average Bonchev–Trinajstić information content (AvgIpc) is 0.780. The minimum absolute atomic E-state index is 0.0993. The molecule has 0 radical (unpaired) electrons. The Labute approximate surface area is 865 Å². The van der Waals surface area contributed by atoms with Crippen molar-refractivity contribution in [2.24, 2.45) is 58.4 Å². The van der Waals surface area contributed by atoms with E-state index in [0.717, 1.165) is 7.11 Å². The van der Waals surface area contributed by atoms with Crippen LogP contribution in [0.5, 0.6) is 0 Å². The smallest absolute Gasteiger partial charge is 0.313 e. The fraction of sp³-hybridized carbons (Fsp3) is 0.701. The number of rotatable bonds is 20. The molecule has 6 heterocycles. The molecule has 0 amide bonds. The Morgan fingerprint density at radius 3 is 0.959 bits per heavy atom. The summed E-state index contributed by atoms with van der Waals surface area (Å²) in [7, 11) is 1.13. The van der Waals surface area contributed by atoms with Gasteiger partial charge in [-0.25, -0.2) is 0 Å². The number of hydrogen-bond donors (Lipinski definition) is 25. The van der Waals surface area contributed by atoms with E-state index in [4.69, 9.17) is 65.6 Å². The van der Waals surface area contributed by atoms with Gasteiger partial charge in [0.25, 0.3) is 0 Å². The molecule has 29 N–H and O–H groups in total. The van der Waals surface area contributed by atoms with Crippen molar-refractivity contribution in [1.29, 1.82) is 0 Å². The lowest BCUT2D eigenvalue weighted by atomic mass is 9.82. The summed E-state index contributed by atoms with van der Waals surface area (Å²) in [6, 6.07) is -1.72. The molecule has 0 aromatic rings. The van der Waals surface area contributed by atoms with Crippen molar-refractivity contribution in [3.8, 4) is 0 Å². The summed E-state index contributed by atoms with van der Waals surface area (Å²) in [5, 5.41) is 233. The molecular formula is C107H176N6O34. The van der Waals surface area contributed by atoms with Crippen LogP contribution in [-0.2, 0) is 61.8 Å². The molecule has 40 heteroatoms. The summed E-state index contributed by atoms with van der Waals surface area (Å²) in [5.41, 5.74) is 23.3. The van der Waals surface area contributed by atoms with E-state index in [0.29, 0.717) is 78.0 Å². The molecule has 4 saturated heterocycles. The number of esters is 3. The Bertz CT molecular complexity index is 4180. The number of fused-ring (bicyclic) bond motifs is 4. The van der Waals surface area contributed by atoms with Gasteiger partial charge in [-0.1, -0.05) is 198 Å². The molecule has 6 rings (SSSR count). The molecule has 0 spiro atoms. The zero-order chi connectivity index (χ0) is 109. The van der Waals surface area contributed by atoms with E-state index < -0.39 is 294 Å². The van der Waals surface area contributed by atoms with Gasteiger partial charge in [-0.05, 0) is 144 Å². The summed E-state index contributed by atoms with van der Waals surface area (Å²) in [5.74, 6) is -12.8. The van der Waals surface area contributed by atoms with Crippen LogP contribution in [0.15, 0.2) is 170 Å². The summed E-state index contributed by atoms with van der Waals surface area (Å²) < 4.78 is 53.2. The van der Waals surface area contributed by atoms with E-state index in [1.165, 1.54) is 0 Å². The van der Waals surface area contributed by atoms with Crippen molar-refractivity contribution < 1.29 is 169 Å². The number of carbonyl (C=O) groups excluding carboxylic acids is 3. The maximum Gasteiger partial charge on any atom is 0.313 e. The maximum atomic E-state index is 13.3. The predicted octanol–water partition coefficient (Wildman–Crippen LogP) is 1.59. The molecule has 38 atom stereocenters. The van der Waals surface area contributed by atoms with Gasteiger partial charge in [0.15, 0.2) is 24.2 Å². The van der Waals surface area contributed by atoms with Crippen LogP contribution in [0, 0.1) is 35.5 Å². The fourth-order valence-corrected chi connectivity index (χ4v) is 18.8. The van der Waals surface area contributed by atoms with Crippen molar-refractivity contribution in [3.05, 3.63) is 170 Å². The number of allylic oxidation sites excluding steroid dienone is 24. The third-order valence-corrected chi connectivity index (χ3v) is 27.5. The Morgan fingerprint density at radius 1 is 0.354 bits per heavy atom. The van der Waals surface area contributed by atoms with Gasteiger partial charge in [-0.2, -0.15) is 0 Å². The minimum atomic E-state index is -2.34. The molecule has 838 valence electrons. The van der Waals surface area contributed by atoms with E-state index in [9.17, 15) is 126 Å². The standard InChI is InChI=1S/C54H89N3O17.C53H87N3O17/c1-34-20-16-14-12-10-8-6-7-9-11-13-15-17-21-41(73-53-51(67)48(50(66)37(4)72-53)57(26-18-24-55)27-19-25-56)31-45-47(52(68)70-5)44(63)33-54(69,74-45)32-40(60)29-43(62)42(61)23-22-38(58)28-39(59)30-46(64)71-36(3)35(2)49(34)65;1-33-19-15-13-11-9-7-5-6-8-10-12-14-16-20-40(72-52-50(66)47(49(65)36(4)71-52)56(25-17-23-54)26-18-24-55)30-44-46(51(67)68)43(62)32-53(69,73-44)31-39(59)28-42(61)41(60)22-21-37(57)27-38(58)29-45(63)70-35(3)34(2)48(33)64/h6-17,20-21,34-45,47-51,53,58-63,65-67,69H,18-19,22-33,55-56H2,1-5H3;5-16,19-20,33-44,46-50,52,57-62,64-66,69H,17-18,21-32,54-55H2,1-4H3,(H,67,68)/b7-6+,10-8+,11-9+,14-12+,15-13+,20-16+,21-17+;6-5+,9-7+,10-8+,13-11+,14-12+,19-15+,20-16+/t34-,35-,36-,37+,38+,39+,40-,41-,42+,43+,44-,45?,47+,48-,49+,50+,51-,53-,54+;33-,34-,35-,36+,37+,38+,39-,40-,41+,42+,43-,44?,46+,47-,48+,49+,50-,52-,53+/m00/s1. The number of ether oxygens (including phenoxy) is 9. The van der Waals surface area contributed by atoms with Gasteiger partial charge in [0, 0.05) is 75.0 Å². The first-order valence-corrected chi connectivity index (χ1v) is 51.8. The lowest BCUT2D eigenvalue weighted by Crippen LogP contribution is -2.64. The number of nitrogens with zero attached hydrogens (tertiary/aromatic N) is 2. The van der Waals surface area contributed by atoms with Crippen molar-refractivity contribution in [3.63, 3.8) is 0 Å². The van der Waals surface area contributed by atoms with Crippen molar-refractivity contribution in [2.75, 3.05) is 59.5 Å². The number of aliphatic hydroxyl groups is 20. The zero-order valence-electron chi connectivity index (χ0n) is 86.7. The summed E-state index contributed by atoms with van der Waals surface area (Å²) in [4.78, 5) is 55.2. The summed E-state index contributed by atoms with van der Waals surface area (Å²) in [6.45, 7) is 17.0. The van der Waals surface area contributed by atoms with Crippen LogP contribution >= 0.6 is 0 Å². The molecule has 4 fully saturated rings. The number of carboxylic acids is 1. The normalized spacial score (nSPS) is 41.7. The van der Waals surface area contributed by atoms with E-state index in [1.807, 2.05) is 96.6 Å². The van der Waals surface area contributed by atoms with E-state index in [-0.39, 0.29) is 63.2 Å². The largest absolute Gasteiger partial charge is 0.481 e. The van der Waals surface area contributed by atoms with Gasteiger partial charge in [-0.15, -0.1) is 0 Å². The number of nitrogens with two attached hydrogens (primary N) is 4. The van der Waals surface area contributed by atoms with Crippen LogP contribution in [0.25, 0.3) is 0 Å². The van der Waals surface area contributed by atoms with Crippen LogP contribution in [0.4, 0.5) is 0 Å². The first-order valence-electron chi connectivity index (χ1n) is 51.8. The monoisotopic (exact) mass is 2090 g/mol. The minimum Gasteiger partial charge on any atom is -0.481 e. The van der Waals surface area contributed by atoms with Crippen LogP contribution < -0.4 is 22.9 Å². The zero-order valence-corrected chi connectivity index (χ0v) is 86.7. The van der Waals surface area contributed by atoms with E-state index >= 15 is 0 Å². The second-order valence-corrected chi connectivity index (χ2v) is 39.8. The van der Waals surface area contributed by atoms with Crippen LogP contribution in [0.2, 0.25) is 0 Å². The highest BCUT2D eigenvalue weighted by Gasteiger charge is 2.55. The second-order valence-electron chi connectivity index (χ2n) is 39.8. The highest BCUT2D eigenvalue weighted by molar-refractivity contribution is 5.74. The maximum absolute atomic E-state index is 13.3. The molecule has 2 unspecified atom stereocenters. The lowest BCUT2D eigenvalue weighted by Gasteiger charge is -2.47. The van der Waals surface area contributed by atoms with Crippen molar-refractivity contribution in [1.82, 2.24) is 9.80 Å². The number of cyclic esters (lactones) is 2. The summed E-state index contributed by atoms with van der Waals surface area (Å²) >= 11 is 0. The quantitative estimate of drug-likeness (QED) is 0.0608. The van der Waals surface area contributed by atoms with E-state index in [1.54, 1.807) is 139 Å². The Balaban J connectivity index is 0.000000517. The number of methoxy groups -OCH3 is 1. The van der Waals surface area contributed by atoms with Gasteiger partial charge < -0.3 is 173 Å². The molecule has 0 aliphatic carbocycles.